The number of nitrogens with one attached hydrogen (secondary N) is 7. The molecule has 0 saturated heterocycles. The number of pyridine rings is 2. The Kier molecular flexibility index (Phi) is 26.3. The van der Waals surface area contributed by atoms with E-state index in [1.807, 2.05) is 49.4 Å². The second-order valence-electron chi connectivity index (χ2n) is 20.7. The molecule has 3 aromatic carbocycles. The van der Waals surface area contributed by atoms with Gasteiger partial charge in [0.05, 0.1) is 112 Å². The van der Waals surface area contributed by atoms with Crippen LogP contribution in [0.1, 0.15) is 60.5 Å². The van der Waals surface area contributed by atoms with Crippen molar-refractivity contribution in [3.05, 3.63) is 131 Å². The van der Waals surface area contributed by atoms with Gasteiger partial charge in [-0.2, -0.15) is 0 Å². The number of alkyl carbamates (subject to hydrolysis) is 1. The fraction of sp³-hybridized carbons (Fsp3) is 0.371. The molecule has 8 amide bonds. The molecule has 27 nitrogen and oxygen atoms in total. The quantitative estimate of drug-likeness (QED) is 0.0168. The maximum absolute atomic E-state index is 13.7. The number of aromatic amines is 1. The molecule has 0 fully saturated rings. The highest BCUT2D eigenvalue weighted by molar-refractivity contribution is 6.36. The van der Waals surface area contributed by atoms with Crippen LogP contribution in [0.5, 0.6) is 5.75 Å². The van der Waals surface area contributed by atoms with E-state index in [0.29, 0.717) is 70.9 Å². The van der Waals surface area contributed by atoms with Crippen LogP contribution in [0.3, 0.4) is 0 Å². The third kappa shape index (κ3) is 21.4. The average Bonchev–Trinajstić information content (AvgIpc) is 1.80. The Morgan fingerprint density at radius 1 is 0.767 bits per heavy atom. The van der Waals surface area contributed by atoms with E-state index in [4.69, 9.17) is 55.7 Å². The average molecular weight is 1260 g/mol. The number of carbonyl (C=O) groups is 8. The van der Waals surface area contributed by atoms with Crippen molar-refractivity contribution < 1.29 is 71.9 Å². The van der Waals surface area contributed by atoms with Crippen LogP contribution >= 0.6 is 11.6 Å². The molecule has 1 aliphatic heterocycles. The second-order valence-corrected chi connectivity index (χ2v) is 21.0. The van der Waals surface area contributed by atoms with E-state index < -0.39 is 47.9 Å². The third-order valence-electron chi connectivity index (χ3n) is 13.6. The second kappa shape index (κ2) is 34.9. The number of hydrogen-bond donors (Lipinski definition) is 9. The number of fused-ring (bicyclic) bond motifs is 1. The molecule has 2 atom stereocenters. The largest absolute Gasteiger partial charge is 0.490 e. The number of aryl methyl sites for hydroxylation is 1. The maximum Gasteiger partial charge on any atom is 0.407 e. The van der Waals surface area contributed by atoms with E-state index in [-0.39, 0.29) is 120 Å². The third-order valence-corrected chi connectivity index (χ3v) is 14.0. The number of nitrogens with two attached hydrogens (primary N) is 1. The van der Waals surface area contributed by atoms with E-state index in [9.17, 15) is 43.5 Å². The number of aromatic nitrogens is 4. The zero-order valence-electron chi connectivity index (χ0n) is 50.0. The minimum Gasteiger partial charge on any atom is -0.490 e. The minimum atomic E-state index is -1.14. The fourth-order valence-electron chi connectivity index (χ4n) is 8.93. The van der Waals surface area contributed by atoms with Gasteiger partial charge in [-0.3, -0.25) is 38.8 Å². The molecule has 3 aromatic heterocycles. The Balaban J connectivity index is 0.815. The molecule has 7 rings (SSSR count). The summed E-state index contributed by atoms with van der Waals surface area (Å²) in [6.07, 6.45) is 3.68. The Bertz CT molecular complexity index is 3470. The van der Waals surface area contributed by atoms with Crippen LogP contribution in [0.4, 0.5) is 21.0 Å². The SMILES string of the molecule is Cc1cccc(-c2nc(CNc3cccc(C(=O)O)c3Cl)[nH]c2-c2ccc3ncc(OCCNC(=O)OCc4ccc(NC(=O)C(CCCNC(N)=O)NC(=O)C(NC(=O)CCOCCOCCOCCOCCN5C(=O)C=CC5=O)C(C)C)cc4)cc3c2)n1. The summed E-state index contributed by atoms with van der Waals surface area (Å²) in [6.45, 7) is 7.91. The van der Waals surface area contributed by atoms with Crippen molar-refractivity contribution in [2.75, 3.05) is 89.7 Å². The first-order valence-electron chi connectivity index (χ1n) is 29.0. The predicted molar refractivity (Wildman–Crippen MR) is 331 cm³/mol. The number of imidazole rings is 1. The molecular formula is C62H73ClN12O15. The van der Waals surface area contributed by atoms with Gasteiger partial charge in [0.15, 0.2) is 0 Å². The van der Waals surface area contributed by atoms with Gasteiger partial charge in [0.2, 0.25) is 17.7 Å². The number of carboxylic acids is 1. The first-order chi connectivity index (χ1) is 43.4. The number of carbonyl (C=O) groups excluding carboxylic acids is 7. The Morgan fingerprint density at radius 2 is 1.47 bits per heavy atom. The van der Waals surface area contributed by atoms with Crippen molar-refractivity contribution in [3.8, 4) is 28.4 Å². The van der Waals surface area contributed by atoms with Gasteiger partial charge in [0.25, 0.3) is 11.8 Å². The number of anilines is 2. The Labute approximate surface area is 523 Å². The first-order valence-corrected chi connectivity index (χ1v) is 29.4. The summed E-state index contributed by atoms with van der Waals surface area (Å²) >= 11 is 6.40. The molecule has 4 heterocycles. The molecule has 1 aliphatic rings. The Hall–Kier alpha value is -9.54. The number of rotatable bonds is 37. The van der Waals surface area contributed by atoms with Crippen LogP contribution in [0.15, 0.2) is 103 Å². The summed E-state index contributed by atoms with van der Waals surface area (Å²) in [5, 5.41) is 27.0. The zero-order valence-corrected chi connectivity index (χ0v) is 50.7. The normalized spacial score (nSPS) is 12.6. The van der Waals surface area contributed by atoms with Crippen LogP contribution in [0.2, 0.25) is 5.02 Å². The molecule has 0 saturated carbocycles. The van der Waals surface area contributed by atoms with Crippen molar-refractivity contribution in [1.82, 2.24) is 46.1 Å². The van der Waals surface area contributed by atoms with Gasteiger partial charge < -0.3 is 76.1 Å². The molecule has 10 N–H and O–H groups in total. The standard InChI is InChI=1S/C62H73ClN12O15/c1-38(2)55(74-51(76)20-24-85-27-29-87-31-32-88-30-28-86-26-23-75-52(77)18-19-53(75)78)59(80)71-49(11-6-21-65-61(64)83)58(79)70-43-15-12-40(13-16-43)37-90-62(84)66-22-25-89-44-34-42-33-41(14-17-46(42)67-35-44)56-57(48-10-4-7-39(3)69-48)73-50(72-56)36-68-47-9-5-8-45(54(47)63)60(81)82/h4-5,7-10,12-19,33-35,38,49,55,68H,6,11,20-32,36-37H2,1-3H3,(H,66,84)(H,70,79)(H,71,80)(H,72,73)(H,74,76)(H,81,82)(H3,64,65,83). The number of ether oxygens (including phenoxy) is 6. The number of primary amides is 1. The number of amides is 8. The number of aromatic carboxylic acids is 1. The zero-order chi connectivity index (χ0) is 64.4. The van der Waals surface area contributed by atoms with Gasteiger partial charge in [-0.1, -0.05) is 55.8 Å². The van der Waals surface area contributed by atoms with Crippen LogP contribution in [-0.4, -0.2) is 169 Å². The summed E-state index contributed by atoms with van der Waals surface area (Å²) in [5.41, 5.74) is 10.9. The lowest BCUT2D eigenvalue weighted by molar-refractivity contribution is -0.137. The van der Waals surface area contributed by atoms with Gasteiger partial charge in [0, 0.05) is 47.4 Å². The van der Waals surface area contributed by atoms with Crippen LogP contribution in [0.25, 0.3) is 33.5 Å². The number of urea groups is 1. The summed E-state index contributed by atoms with van der Waals surface area (Å²) in [5.74, 6) is -2.80. The number of benzene rings is 3. The fourth-order valence-corrected chi connectivity index (χ4v) is 9.21. The number of nitrogens with zero attached hydrogens (tertiary/aromatic N) is 4. The topological polar surface area (TPSA) is 368 Å². The van der Waals surface area contributed by atoms with Crippen molar-refractivity contribution in [1.29, 1.82) is 0 Å². The molecule has 0 spiro atoms. The summed E-state index contributed by atoms with van der Waals surface area (Å²) in [4.78, 5) is 118. The number of hydrogen-bond acceptors (Lipinski definition) is 18. The molecule has 0 radical (unpaired) electrons. The summed E-state index contributed by atoms with van der Waals surface area (Å²) < 4.78 is 33.2. The van der Waals surface area contributed by atoms with Crippen LogP contribution in [0, 0.1) is 12.8 Å². The molecule has 478 valence electrons. The van der Waals surface area contributed by atoms with Crippen molar-refractivity contribution in [2.45, 2.75) is 65.3 Å². The molecule has 2 unspecified atom stereocenters. The summed E-state index contributed by atoms with van der Waals surface area (Å²) in [7, 11) is 0. The van der Waals surface area contributed by atoms with Crippen molar-refractivity contribution in [3.63, 3.8) is 0 Å². The summed E-state index contributed by atoms with van der Waals surface area (Å²) in [6, 6.07) is 21.7. The van der Waals surface area contributed by atoms with Gasteiger partial charge in [-0.25, -0.2) is 19.4 Å². The predicted octanol–water partition coefficient (Wildman–Crippen LogP) is 5.66. The lowest BCUT2D eigenvalue weighted by atomic mass is 10.0. The lowest BCUT2D eigenvalue weighted by Gasteiger charge is -2.25. The van der Waals surface area contributed by atoms with Gasteiger partial charge in [-0.05, 0) is 85.8 Å². The molecule has 0 aliphatic carbocycles. The van der Waals surface area contributed by atoms with Crippen LogP contribution < -0.4 is 42.4 Å². The highest BCUT2D eigenvalue weighted by Gasteiger charge is 2.29. The number of H-pyrrole nitrogens is 1. The smallest absolute Gasteiger partial charge is 0.407 e. The molecule has 90 heavy (non-hydrogen) atoms. The van der Waals surface area contributed by atoms with E-state index in [1.165, 1.54) is 18.2 Å². The number of carboxylic acid groups (broad SMARTS) is 1. The maximum atomic E-state index is 13.7. The highest BCUT2D eigenvalue weighted by Crippen LogP contribution is 2.33. The molecule has 0 bridgehead atoms. The van der Waals surface area contributed by atoms with E-state index in [0.717, 1.165) is 21.5 Å². The number of halogens is 1. The molecular weight excluding hydrogens is 1190 g/mol. The van der Waals surface area contributed by atoms with Crippen LogP contribution in [-0.2, 0) is 60.8 Å². The van der Waals surface area contributed by atoms with Gasteiger partial charge in [0.1, 0.15) is 42.6 Å². The van der Waals surface area contributed by atoms with Gasteiger partial charge in [-0.15, -0.1) is 0 Å². The van der Waals surface area contributed by atoms with Gasteiger partial charge >= 0.3 is 18.1 Å². The van der Waals surface area contributed by atoms with Crippen molar-refractivity contribution in [2.24, 2.45) is 11.7 Å². The lowest BCUT2D eigenvalue weighted by Crippen LogP contribution is -2.54. The monoisotopic (exact) mass is 1260 g/mol. The van der Waals surface area contributed by atoms with E-state index >= 15 is 0 Å². The Morgan fingerprint density at radius 3 is 2.16 bits per heavy atom. The molecule has 6 aromatic rings. The molecule has 28 heteroatoms. The minimum absolute atomic E-state index is 0.0249. The van der Waals surface area contributed by atoms with E-state index in [1.54, 1.807) is 56.4 Å². The van der Waals surface area contributed by atoms with Crippen molar-refractivity contribution >= 4 is 81.5 Å². The number of imide groups is 1. The van der Waals surface area contributed by atoms with E-state index in [2.05, 4.69) is 41.9 Å². The first kappa shape index (κ1) is 68.0. The highest BCUT2D eigenvalue weighted by atomic mass is 35.5.